The van der Waals surface area contributed by atoms with Crippen LogP contribution in [0.3, 0.4) is 0 Å². The van der Waals surface area contributed by atoms with E-state index in [-0.39, 0.29) is 24.3 Å². The second kappa shape index (κ2) is 7.42. The van der Waals surface area contributed by atoms with Gasteiger partial charge in [0.25, 0.3) is 0 Å². The number of hydrogen-bond acceptors (Lipinski definition) is 5. The van der Waals surface area contributed by atoms with Gasteiger partial charge in [0, 0.05) is 31.7 Å². The van der Waals surface area contributed by atoms with E-state index in [0.717, 1.165) is 13.1 Å². The lowest BCUT2D eigenvalue weighted by Crippen LogP contribution is -2.59. The molecule has 124 valence electrons. The minimum absolute atomic E-state index is 0.0753. The third kappa shape index (κ3) is 6.20. The Morgan fingerprint density at radius 2 is 1.90 bits per heavy atom. The lowest BCUT2D eigenvalue weighted by molar-refractivity contribution is -0.0824. The quantitative estimate of drug-likeness (QED) is 0.819. The normalized spacial score (nSPS) is 27.0. The van der Waals surface area contributed by atoms with Crippen LogP contribution in [0.15, 0.2) is 0 Å². The van der Waals surface area contributed by atoms with Crippen molar-refractivity contribution in [3.63, 3.8) is 0 Å². The summed E-state index contributed by atoms with van der Waals surface area (Å²) >= 11 is 0. The summed E-state index contributed by atoms with van der Waals surface area (Å²) in [5.41, 5.74) is 5.43. The van der Waals surface area contributed by atoms with Crippen molar-refractivity contribution < 1.29 is 14.3 Å². The van der Waals surface area contributed by atoms with E-state index in [2.05, 4.69) is 24.1 Å². The molecule has 4 unspecified atom stereocenters. The first-order valence-electron chi connectivity index (χ1n) is 7.71. The van der Waals surface area contributed by atoms with Gasteiger partial charge < -0.3 is 20.5 Å². The number of ether oxygens (including phenoxy) is 2. The fourth-order valence-corrected chi connectivity index (χ4v) is 2.75. The van der Waals surface area contributed by atoms with Crippen molar-refractivity contribution in [3.8, 4) is 0 Å². The summed E-state index contributed by atoms with van der Waals surface area (Å²) in [7, 11) is 0. The number of carbonyl (C=O) groups is 1. The van der Waals surface area contributed by atoms with Crippen LogP contribution >= 0.6 is 0 Å². The summed E-state index contributed by atoms with van der Waals surface area (Å²) in [6.45, 7) is 13.8. The molecule has 1 aliphatic heterocycles. The number of rotatable bonds is 4. The molecule has 1 heterocycles. The van der Waals surface area contributed by atoms with Gasteiger partial charge in [-0.2, -0.15) is 0 Å². The van der Waals surface area contributed by atoms with Crippen LogP contribution in [0.25, 0.3) is 0 Å². The van der Waals surface area contributed by atoms with Crippen LogP contribution in [0.2, 0.25) is 0 Å². The topological polar surface area (TPSA) is 76.8 Å². The Labute approximate surface area is 128 Å². The van der Waals surface area contributed by atoms with E-state index in [1.54, 1.807) is 0 Å². The number of alkyl carbamates (subject to hydrolysis) is 1. The summed E-state index contributed by atoms with van der Waals surface area (Å²) in [6, 6.07) is -0.00586. The Hall–Kier alpha value is -0.850. The average molecular weight is 301 g/mol. The number of morpholine rings is 1. The maximum absolute atomic E-state index is 11.9. The maximum Gasteiger partial charge on any atom is 0.407 e. The van der Waals surface area contributed by atoms with Crippen LogP contribution in [0, 0.1) is 0 Å². The molecule has 1 rings (SSSR count). The molecule has 21 heavy (non-hydrogen) atoms. The van der Waals surface area contributed by atoms with E-state index in [1.165, 1.54) is 0 Å². The van der Waals surface area contributed by atoms with Gasteiger partial charge in [-0.05, 0) is 41.5 Å². The number of carbonyl (C=O) groups excluding carboxylic acids is 1. The van der Waals surface area contributed by atoms with Crippen molar-refractivity contribution in [1.29, 1.82) is 0 Å². The molecule has 0 saturated carbocycles. The predicted octanol–water partition coefficient (Wildman–Crippen LogP) is 1.34. The Kier molecular flexibility index (Phi) is 6.43. The van der Waals surface area contributed by atoms with Gasteiger partial charge in [0.2, 0.25) is 0 Å². The average Bonchev–Trinajstić information content (AvgIpc) is 2.25. The summed E-state index contributed by atoms with van der Waals surface area (Å²) in [5.74, 6) is 0. The molecule has 4 atom stereocenters. The summed E-state index contributed by atoms with van der Waals surface area (Å²) in [4.78, 5) is 14.2. The number of amides is 1. The molecule has 0 aliphatic carbocycles. The fraction of sp³-hybridized carbons (Fsp3) is 0.933. The monoisotopic (exact) mass is 301 g/mol. The van der Waals surface area contributed by atoms with Crippen LogP contribution in [0.1, 0.15) is 41.5 Å². The Balaban J connectivity index is 2.60. The van der Waals surface area contributed by atoms with Crippen molar-refractivity contribution in [1.82, 2.24) is 10.2 Å². The lowest BCUT2D eigenvalue weighted by atomic mass is 10.1. The number of nitrogens with one attached hydrogen (secondary N) is 1. The van der Waals surface area contributed by atoms with Gasteiger partial charge >= 0.3 is 6.09 Å². The maximum atomic E-state index is 11.9. The molecule has 1 aliphatic rings. The minimum Gasteiger partial charge on any atom is -0.444 e. The smallest absolute Gasteiger partial charge is 0.407 e. The van der Waals surface area contributed by atoms with Crippen molar-refractivity contribution in [2.75, 3.05) is 19.6 Å². The molecule has 0 aromatic rings. The van der Waals surface area contributed by atoms with Crippen molar-refractivity contribution in [2.45, 2.75) is 71.4 Å². The third-order valence-electron chi connectivity index (χ3n) is 3.48. The Morgan fingerprint density at radius 1 is 1.38 bits per heavy atom. The summed E-state index contributed by atoms with van der Waals surface area (Å²) in [6.07, 6.45) is -0.0455. The van der Waals surface area contributed by atoms with Gasteiger partial charge in [-0.15, -0.1) is 0 Å². The highest BCUT2D eigenvalue weighted by Gasteiger charge is 2.31. The van der Waals surface area contributed by atoms with Crippen LogP contribution < -0.4 is 11.1 Å². The molecule has 1 fully saturated rings. The largest absolute Gasteiger partial charge is 0.444 e. The van der Waals surface area contributed by atoms with Crippen LogP contribution in [-0.4, -0.2) is 60.5 Å². The van der Waals surface area contributed by atoms with Crippen molar-refractivity contribution >= 4 is 6.09 Å². The Morgan fingerprint density at radius 3 is 2.33 bits per heavy atom. The molecular formula is C15H31N3O3. The zero-order chi connectivity index (χ0) is 16.2. The molecule has 0 radical (unpaired) electrons. The van der Waals surface area contributed by atoms with Crippen LogP contribution in [0.5, 0.6) is 0 Å². The molecule has 3 N–H and O–H groups in total. The van der Waals surface area contributed by atoms with E-state index in [9.17, 15) is 4.79 Å². The highest BCUT2D eigenvalue weighted by Crippen LogP contribution is 2.15. The fourth-order valence-electron chi connectivity index (χ4n) is 2.75. The molecule has 1 amide bonds. The van der Waals surface area contributed by atoms with Crippen LogP contribution in [0.4, 0.5) is 4.79 Å². The third-order valence-corrected chi connectivity index (χ3v) is 3.48. The summed E-state index contributed by atoms with van der Waals surface area (Å²) in [5, 5.41) is 2.89. The number of hydrogen-bond donors (Lipinski definition) is 2. The highest BCUT2D eigenvalue weighted by atomic mass is 16.6. The van der Waals surface area contributed by atoms with Gasteiger partial charge in [0.15, 0.2) is 0 Å². The van der Waals surface area contributed by atoms with Gasteiger partial charge in [-0.1, -0.05) is 0 Å². The molecule has 0 bridgehead atoms. The number of nitrogens with two attached hydrogens (primary N) is 1. The molecule has 0 spiro atoms. The highest BCUT2D eigenvalue weighted by molar-refractivity contribution is 5.68. The molecule has 1 saturated heterocycles. The standard InChI is InChI=1S/C15H31N3O3/c1-10-8-18(9-11(2)20-10)13(7-16)12(3)17-14(19)21-15(4,5)6/h10-13H,7-9,16H2,1-6H3,(H,17,19). The zero-order valence-electron chi connectivity index (χ0n) is 14.2. The second-order valence-corrected chi connectivity index (χ2v) is 6.95. The van der Waals surface area contributed by atoms with Crippen LogP contribution in [-0.2, 0) is 9.47 Å². The zero-order valence-corrected chi connectivity index (χ0v) is 14.2. The summed E-state index contributed by atoms with van der Waals surface area (Å²) < 4.78 is 11.0. The molecule has 6 nitrogen and oxygen atoms in total. The van der Waals surface area contributed by atoms with Crippen molar-refractivity contribution in [3.05, 3.63) is 0 Å². The lowest BCUT2D eigenvalue weighted by Gasteiger charge is -2.42. The van der Waals surface area contributed by atoms with Gasteiger partial charge in [-0.3, -0.25) is 4.90 Å². The molecule has 0 aromatic carbocycles. The van der Waals surface area contributed by atoms with Gasteiger partial charge in [-0.25, -0.2) is 4.79 Å². The molecular weight excluding hydrogens is 270 g/mol. The Bertz CT molecular complexity index is 334. The molecule has 0 aromatic heterocycles. The molecule has 6 heteroatoms. The van der Waals surface area contributed by atoms with E-state index < -0.39 is 11.7 Å². The predicted molar refractivity (Wildman–Crippen MR) is 83.3 cm³/mol. The van der Waals surface area contributed by atoms with Gasteiger partial charge in [0.1, 0.15) is 5.60 Å². The van der Waals surface area contributed by atoms with E-state index in [4.69, 9.17) is 15.2 Å². The second-order valence-electron chi connectivity index (χ2n) is 6.95. The first-order valence-corrected chi connectivity index (χ1v) is 7.71. The first-order chi connectivity index (χ1) is 9.62. The first kappa shape index (κ1) is 18.2. The van der Waals surface area contributed by atoms with Gasteiger partial charge in [0.05, 0.1) is 12.2 Å². The minimum atomic E-state index is -0.496. The van der Waals surface area contributed by atoms with Crippen molar-refractivity contribution in [2.24, 2.45) is 5.73 Å². The van der Waals surface area contributed by atoms with E-state index in [1.807, 2.05) is 27.7 Å². The van der Waals surface area contributed by atoms with E-state index >= 15 is 0 Å². The SMILES string of the molecule is CC1CN(C(CN)C(C)NC(=O)OC(C)(C)C)CC(C)O1. The van der Waals surface area contributed by atoms with E-state index in [0.29, 0.717) is 6.54 Å². The number of nitrogens with zero attached hydrogens (tertiary/aromatic N) is 1.